The van der Waals surface area contributed by atoms with Gasteiger partial charge in [0.05, 0.1) is 10.9 Å². The minimum Gasteiger partial charge on any atom is -0.406 e. The van der Waals surface area contributed by atoms with E-state index in [0.717, 1.165) is 12.1 Å². The molecule has 0 saturated carbocycles. The monoisotopic (exact) mass is 387 g/mol. The van der Waals surface area contributed by atoms with Crippen LogP contribution in [0.4, 0.5) is 13.2 Å². The molecular weight excluding hydrogens is 371 g/mol. The second-order valence-corrected chi connectivity index (χ2v) is 7.54. The highest BCUT2D eigenvalue weighted by Crippen LogP contribution is 2.31. The van der Waals surface area contributed by atoms with Crippen molar-refractivity contribution < 1.29 is 26.3 Å². The van der Waals surface area contributed by atoms with E-state index in [0.29, 0.717) is 18.7 Å². The highest BCUT2D eigenvalue weighted by atomic mass is 32.2. The fourth-order valence-corrected chi connectivity index (χ4v) is 4.45. The van der Waals surface area contributed by atoms with Crippen LogP contribution in [-0.2, 0) is 10.0 Å². The number of piperazine rings is 1. The Bertz CT molecular complexity index is 860. The Labute approximate surface area is 148 Å². The van der Waals surface area contributed by atoms with E-state index in [-0.39, 0.29) is 11.4 Å². The van der Waals surface area contributed by atoms with Crippen LogP contribution in [0.1, 0.15) is 11.6 Å². The Morgan fingerprint density at radius 3 is 2.73 bits per heavy atom. The highest BCUT2D eigenvalue weighted by molar-refractivity contribution is 7.89. The van der Waals surface area contributed by atoms with Gasteiger partial charge in [-0.2, -0.15) is 4.31 Å². The molecule has 1 aromatic carbocycles. The predicted molar refractivity (Wildman–Crippen MR) is 86.9 cm³/mol. The quantitative estimate of drug-likeness (QED) is 0.872. The van der Waals surface area contributed by atoms with Gasteiger partial charge in [0.25, 0.3) is 0 Å². The minimum absolute atomic E-state index is 0.187. The lowest BCUT2D eigenvalue weighted by Gasteiger charge is -2.35. The summed E-state index contributed by atoms with van der Waals surface area (Å²) in [6, 6.07) is 7.36. The first-order valence-electron chi connectivity index (χ1n) is 7.76. The maximum absolute atomic E-state index is 13.0. The van der Waals surface area contributed by atoms with Crippen LogP contribution in [0.2, 0.25) is 0 Å². The Morgan fingerprint density at radius 2 is 2.04 bits per heavy atom. The maximum atomic E-state index is 13.0. The summed E-state index contributed by atoms with van der Waals surface area (Å²) in [7, 11) is -4.02. The van der Waals surface area contributed by atoms with Crippen molar-refractivity contribution in [2.24, 2.45) is 0 Å². The van der Waals surface area contributed by atoms with Crippen LogP contribution < -0.4 is 10.1 Å². The molecule has 140 valence electrons. The van der Waals surface area contributed by atoms with E-state index in [1.54, 1.807) is 24.5 Å². The van der Waals surface area contributed by atoms with Crippen molar-refractivity contribution in [3.8, 4) is 5.75 Å². The average molecular weight is 387 g/mol. The van der Waals surface area contributed by atoms with Gasteiger partial charge in [0.15, 0.2) is 0 Å². The van der Waals surface area contributed by atoms with Gasteiger partial charge in [-0.3, -0.25) is 4.98 Å². The zero-order valence-electron chi connectivity index (χ0n) is 13.5. The number of halogens is 3. The number of benzene rings is 1. The number of hydrogen-bond donors (Lipinski definition) is 1. The summed E-state index contributed by atoms with van der Waals surface area (Å²) in [5, 5.41) is 3.12. The molecule has 2 aromatic rings. The Balaban J connectivity index is 1.94. The molecular formula is C16H16F3N3O3S. The third kappa shape index (κ3) is 4.14. The number of nitrogens with one attached hydrogen (secondary N) is 1. The average Bonchev–Trinajstić information content (AvgIpc) is 2.61. The largest absolute Gasteiger partial charge is 0.573 e. The van der Waals surface area contributed by atoms with E-state index < -0.39 is 28.2 Å². The van der Waals surface area contributed by atoms with Crippen LogP contribution in [0.25, 0.3) is 0 Å². The third-order valence-corrected chi connectivity index (χ3v) is 5.81. The van der Waals surface area contributed by atoms with E-state index in [9.17, 15) is 21.6 Å². The molecule has 1 fully saturated rings. The molecule has 0 bridgehead atoms. The fourth-order valence-electron chi connectivity index (χ4n) is 2.80. The van der Waals surface area contributed by atoms with E-state index in [1.807, 2.05) is 0 Å². The van der Waals surface area contributed by atoms with Crippen LogP contribution in [0.3, 0.4) is 0 Å². The molecule has 0 amide bonds. The van der Waals surface area contributed by atoms with Crippen molar-refractivity contribution in [3.05, 3.63) is 54.4 Å². The summed E-state index contributed by atoms with van der Waals surface area (Å²) >= 11 is 0. The molecule has 1 aliphatic heterocycles. The number of sulfonamides is 1. The van der Waals surface area contributed by atoms with Crippen molar-refractivity contribution in [1.82, 2.24) is 14.6 Å². The molecule has 0 spiro atoms. The second-order valence-electron chi connectivity index (χ2n) is 5.64. The number of alkyl halides is 3. The molecule has 1 saturated heterocycles. The Morgan fingerprint density at radius 1 is 1.23 bits per heavy atom. The number of hydrogen-bond acceptors (Lipinski definition) is 5. The van der Waals surface area contributed by atoms with Gasteiger partial charge in [-0.05, 0) is 23.8 Å². The first-order chi connectivity index (χ1) is 12.3. The van der Waals surface area contributed by atoms with Gasteiger partial charge in [-0.15, -0.1) is 13.2 Å². The van der Waals surface area contributed by atoms with E-state index in [4.69, 9.17) is 0 Å². The Hall–Kier alpha value is -2.17. The van der Waals surface area contributed by atoms with Gasteiger partial charge in [0.2, 0.25) is 10.0 Å². The summed E-state index contributed by atoms with van der Waals surface area (Å²) in [6.45, 7) is 1.00. The molecule has 10 heteroatoms. The van der Waals surface area contributed by atoms with Crippen molar-refractivity contribution >= 4 is 10.0 Å². The fraction of sp³-hybridized carbons (Fsp3) is 0.312. The summed E-state index contributed by atoms with van der Waals surface area (Å²) in [6.07, 6.45) is -1.74. The SMILES string of the molecule is O=S(=O)(c1cccc(OC(F)(F)F)c1)N1CCNCC1c1cccnc1. The summed E-state index contributed by atoms with van der Waals surface area (Å²) in [5.74, 6) is -0.577. The van der Waals surface area contributed by atoms with E-state index >= 15 is 0 Å². The number of pyridine rings is 1. The lowest BCUT2D eigenvalue weighted by atomic mass is 10.1. The van der Waals surface area contributed by atoms with Gasteiger partial charge < -0.3 is 10.1 Å². The van der Waals surface area contributed by atoms with Gasteiger partial charge in [0.1, 0.15) is 5.75 Å². The van der Waals surface area contributed by atoms with Gasteiger partial charge in [-0.25, -0.2) is 8.42 Å². The van der Waals surface area contributed by atoms with Gasteiger partial charge >= 0.3 is 6.36 Å². The molecule has 0 radical (unpaired) electrons. The zero-order valence-corrected chi connectivity index (χ0v) is 14.3. The van der Waals surface area contributed by atoms with Gasteiger partial charge in [-0.1, -0.05) is 12.1 Å². The number of nitrogens with zero attached hydrogens (tertiary/aromatic N) is 2. The normalized spacial score (nSPS) is 19.3. The van der Waals surface area contributed by atoms with Crippen LogP contribution in [0.15, 0.2) is 53.7 Å². The van der Waals surface area contributed by atoms with Crippen molar-refractivity contribution in [3.63, 3.8) is 0 Å². The van der Waals surface area contributed by atoms with Crippen molar-refractivity contribution in [2.75, 3.05) is 19.6 Å². The maximum Gasteiger partial charge on any atom is 0.573 e. The number of rotatable bonds is 4. The molecule has 3 rings (SSSR count). The first-order valence-corrected chi connectivity index (χ1v) is 9.20. The standard InChI is InChI=1S/C16H16F3N3O3S/c17-16(18,19)25-13-4-1-5-14(9-13)26(23,24)22-8-7-21-11-15(22)12-3-2-6-20-10-12/h1-6,9-10,15,21H,7-8,11H2. The topological polar surface area (TPSA) is 71.5 Å². The summed E-state index contributed by atoms with van der Waals surface area (Å²) < 4.78 is 68.4. The molecule has 26 heavy (non-hydrogen) atoms. The van der Waals surface area contributed by atoms with Crippen LogP contribution >= 0.6 is 0 Å². The molecule has 1 aromatic heterocycles. The van der Waals surface area contributed by atoms with Crippen molar-refractivity contribution in [1.29, 1.82) is 0 Å². The smallest absolute Gasteiger partial charge is 0.406 e. The molecule has 1 unspecified atom stereocenters. The first kappa shape index (κ1) is 18.6. The molecule has 6 nitrogen and oxygen atoms in total. The number of ether oxygens (including phenoxy) is 1. The van der Waals surface area contributed by atoms with Crippen LogP contribution in [0, 0.1) is 0 Å². The van der Waals surface area contributed by atoms with E-state index in [2.05, 4.69) is 15.0 Å². The van der Waals surface area contributed by atoms with Crippen LogP contribution in [0.5, 0.6) is 5.75 Å². The van der Waals surface area contributed by atoms with Crippen LogP contribution in [-0.4, -0.2) is 43.7 Å². The lowest BCUT2D eigenvalue weighted by Crippen LogP contribution is -2.48. The molecule has 1 aliphatic rings. The third-order valence-electron chi connectivity index (χ3n) is 3.91. The van der Waals surface area contributed by atoms with E-state index in [1.165, 1.54) is 16.4 Å². The molecule has 1 atom stereocenters. The Kier molecular flexibility index (Phi) is 5.17. The van der Waals surface area contributed by atoms with Gasteiger partial charge in [0, 0.05) is 38.1 Å². The molecule has 0 aliphatic carbocycles. The summed E-state index contributed by atoms with van der Waals surface area (Å²) in [5.41, 5.74) is 0.700. The van der Waals surface area contributed by atoms with Crippen molar-refractivity contribution in [2.45, 2.75) is 17.3 Å². The molecule has 2 heterocycles. The summed E-state index contributed by atoms with van der Waals surface area (Å²) in [4.78, 5) is 3.75. The zero-order chi connectivity index (χ0) is 18.8. The highest BCUT2D eigenvalue weighted by Gasteiger charge is 2.36. The molecule has 1 N–H and O–H groups in total. The minimum atomic E-state index is -4.89. The lowest BCUT2D eigenvalue weighted by molar-refractivity contribution is -0.274. The predicted octanol–water partition coefficient (Wildman–Crippen LogP) is 2.32. The second kappa shape index (κ2) is 7.22. The number of aromatic nitrogens is 1.